The number of nitrogens with zero attached hydrogens (tertiary/aromatic N) is 1. The van der Waals surface area contributed by atoms with Gasteiger partial charge >= 0.3 is 0 Å². The van der Waals surface area contributed by atoms with Gasteiger partial charge in [0.15, 0.2) is 6.61 Å². The van der Waals surface area contributed by atoms with E-state index in [2.05, 4.69) is 5.32 Å². The number of hydrogen-bond donors (Lipinski definition) is 1. The van der Waals surface area contributed by atoms with Gasteiger partial charge in [-0.2, -0.15) is 0 Å². The molecule has 0 unspecified atom stereocenters. The summed E-state index contributed by atoms with van der Waals surface area (Å²) in [6.07, 6.45) is 4.69. The zero-order chi connectivity index (χ0) is 25.3. The molecule has 0 saturated heterocycles. The fraction of sp³-hybridized carbons (Fsp3) is 0.355. The molecule has 5 heteroatoms. The van der Waals surface area contributed by atoms with Gasteiger partial charge in [-0.05, 0) is 55.5 Å². The number of ether oxygens (including phenoxy) is 1. The van der Waals surface area contributed by atoms with E-state index < -0.39 is 6.04 Å². The first kappa shape index (κ1) is 25.5. The largest absolute Gasteiger partial charge is 0.484 e. The minimum atomic E-state index is -0.637. The summed E-state index contributed by atoms with van der Waals surface area (Å²) in [5.41, 5.74) is 4.25. The van der Waals surface area contributed by atoms with Crippen molar-refractivity contribution in [3.05, 3.63) is 101 Å². The van der Waals surface area contributed by atoms with Gasteiger partial charge in [-0.15, -0.1) is 0 Å². The number of carbonyl (C=O) groups excluding carboxylic acids is 2. The number of carbonyl (C=O) groups is 2. The van der Waals surface area contributed by atoms with Crippen LogP contribution in [0.4, 0.5) is 0 Å². The predicted octanol–water partition coefficient (Wildman–Crippen LogP) is 5.38. The number of rotatable bonds is 10. The number of amides is 2. The van der Waals surface area contributed by atoms with Gasteiger partial charge in [-0.1, -0.05) is 85.1 Å². The van der Waals surface area contributed by atoms with Crippen LogP contribution in [0.3, 0.4) is 0 Å². The maximum Gasteiger partial charge on any atom is 0.261 e. The molecule has 5 nitrogen and oxygen atoms in total. The molecule has 1 aliphatic rings. The Bertz CT molecular complexity index is 1140. The third-order valence-electron chi connectivity index (χ3n) is 6.96. The molecule has 0 heterocycles. The van der Waals surface area contributed by atoms with E-state index in [1.54, 1.807) is 4.90 Å². The molecule has 36 heavy (non-hydrogen) atoms. The van der Waals surface area contributed by atoms with E-state index in [-0.39, 0.29) is 24.5 Å². The second kappa shape index (κ2) is 12.4. The van der Waals surface area contributed by atoms with Crippen LogP contribution in [0.1, 0.15) is 47.9 Å². The Balaban J connectivity index is 1.61. The van der Waals surface area contributed by atoms with Crippen LogP contribution in [0.25, 0.3) is 0 Å². The summed E-state index contributed by atoms with van der Waals surface area (Å²) in [7, 11) is 0. The van der Waals surface area contributed by atoms with Gasteiger partial charge in [0.1, 0.15) is 11.8 Å². The standard InChI is InChI=1S/C31H36N2O3/c1-23-16-18-28(19-17-23)36-22-30(34)33(21-26-13-7-6-10-24(26)2)29(20-25-11-4-3-5-12-25)31(35)32-27-14-8-9-15-27/h3-7,10-13,16-19,27,29H,8-9,14-15,20-22H2,1-2H3,(H,32,35)/t29-/m1/s1. The topological polar surface area (TPSA) is 58.6 Å². The number of nitrogens with one attached hydrogen (secondary N) is 1. The molecule has 0 bridgehead atoms. The minimum absolute atomic E-state index is 0.0944. The molecule has 4 rings (SSSR count). The van der Waals surface area contributed by atoms with Crippen molar-refractivity contribution in [1.29, 1.82) is 0 Å². The maximum absolute atomic E-state index is 13.7. The van der Waals surface area contributed by atoms with Crippen LogP contribution in [-0.2, 0) is 22.6 Å². The highest BCUT2D eigenvalue weighted by Crippen LogP contribution is 2.21. The summed E-state index contributed by atoms with van der Waals surface area (Å²) in [5.74, 6) is 0.337. The van der Waals surface area contributed by atoms with Crippen molar-refractivity contribution in [2.45, 2.75) is 64.6 Å². The molecule has 0 aliphatic heterocycles. The second-order valence-electron chi connectivity index (χ2n) is 9.75. The molecule has 1 N–H and O–H groups in total. The molecular formula is C31H36N2O3. The van der Waals surface area contributed by atoms with E-state index in [1.165, 1.54) is 0 Å². The van der Waals surface area contributed by atoms with E-state index in [9.17, 15) is 9.59 Å². The molecule has 1 saturated carbocycles. The number of aryl methyl sites for hydroxylation is 2. The Labute approximate surface area is 214 Å². The summed E-state index contributed by atoms with van der Waals surface area (Å²) in [4.78, 5) is 29.1. The van der Waals surface area contributed by atoms with Crippen molar-refractivity contribution in [1.82, 2.24) is 10.2 Å². The summed E-state index contributed by atoms with van der Waals surface area (Å²) < 4.78 is 5.86. The fourth-order valence-electron chi connectivity index (χ4n) is 4.75. The van der Waals surface area contributed by atoms with Gasteiger partial charge in [-0.3, -0.25) is 9.59 Å². The molecule has 0 spiro atoms. The molecule has 0 aromatic heterocycles. The second-order valence-corrected chi connectivity index (χ2v) is 9.75. The highest BCUT2D eigenvalue weighted by atomic mass is 16.5. The Hall–Kier alpha value is -3.60. The summed E-state index contributed by atoms with van der Waals surface area (Å²) in [5, 5.41) is 3.24. The van der Waals surface area contributed by atoms with Gasteiger partial charge in [-0.25, -0.2) is 0 Å². The van der Waals surface area contributed by atoms with E-state index in [1.807, 2.05) is 92.7 Å². The normalized spacial score (nSPS) is 14.3. The van der Waals surface area contributed by atoms with Crippen molar-refractivity contribution in [2.24, 2.45) is 0 Å². The van der Waals surface area contributed by atoms with Gasteiger partial charge in [0.2, 0.25) is 5.91 Å². The van der Waals surface area contributed by atoms with Crippen molar-refractivity contribution in [3.63, 3.8) is 0 Å². The van der Waals surface area contributed by atoms with Crippen LogP contribution in [0.5, 0.6) is 5.75 Å². The lowest BCUT2D eigenvalue weighted by Gasteiger charge is -2.32. The van der Waals surface area contributed by atoms with Gasteiger partial charge in [0.05, 0.1) is 0 Å². The van der Waals surface area contributed by atoms with Crippen molar-refractivity contribution < 1.29 is 14.3 Å². The maximum atomic E-state index is 13.7. The molecular weight excluding hydrogens is 448 g/mol. The minimum Gasteiger partial charge on any atom is -0.484 e. The summed E-state index contributed by atoms with van der Waals surface area (Å²) >= 11 is 0. The van der Waals surface area contributed by atoms with Crippen LogP contribution >= 0.6 is 0 Å². The van der Waals surface area contributed by atoms with Crippen LogP contribution in [0, 0.1) is 13.8 Å². The van der Waals surface area contributed by atoms with Gasteiger partial charge in [0.25, 0.3) is 5.91 Å². The molecule has 1 fully saturated rings. The summed E-state index contributed by atoms with van der Waals surface area (Å²) in [6.45, 7) is 4.26. The van der Waals surface area contributed by atoms with E-state index in [0.29, 0.717) is 18.7 Å². The lowest BCUT2D eigenvalue weighted by atomic mass is 10.0. The third kappa shape index (κ3) is 6.97. The summed E-state index contributed by atoms with van der Waals surface area (Å²) in [6, 6.07) is 25.1. The quantitative estimate of drug-likeness (QED) is 0.420. The van der Waals surface area contributed by atoms with Gasteiger partial charge in [0, 0.05) is 19.0 Å². The fourth-order valence-corrected chi connectivity index (χ4v) is 4.75. The SMILES string of the molecule is Cc1ccc(OCC(=O)N(Cc2ccccc2C)[C@H](Cc2ccccc2)C(=O)NC2CCCC2)cc1. The zero-order valence-electron chi connectivity index (χ0n) is 21.3. The lowest BCUT2D eigenvalue weighted by molar-refractivity contribution is -0.143. The molecule has 3 aromatic carbocycles. The van der Waals surface area contributed by atoms with Crippen molar-refractivity contribution >= 4 is 11.8 Å². The Kier molecular flexibility index (Phi) is 8.77. The van der Waals surface area contributed by atoms with Crippen LogP contribution in [-0.4, -0.2) is 35.4 Å². The molecule has 1 atom stereocenters. The first-order chi connectivity index (χ1) is 17.5. The Morgan fingerprint density at radius 3 is 2.28 bits per heavy atom. The van der Waals surface area contributed by atoms with Crippen LogP contribution in [0.2, 0.25) is 0 Å². The van der Waals surface area contributed by atoms with E-state index in [0.717, 1.165) is 47.9 Å². The number of benzene rings is 3. The number of hydrogen-bond acceptors (Lipinski definition) is 3. The average molecular weight is 485 g/mol. The highest BCUT2D eigenvalue weighted by Gasteiger charge is 2.32. The molecule has 0 radical (unpaired) electrons. The van der Waals surface area contributed by atoms with E-state index in [4.69, 9.17) is 4.74 Å². The van der Waals surface area contributed by atoms with Crippen molar-refractivity contribution in [2.75, 3.05) is 6.61 Å². The zero-order valence-corrected chi connectivity index (χ0v) is 21.3. The van der Waals surface area contributed by atoms with E-state index >= 15 is 0 Å². The molecule has 188 valence electrons. The first-order valence-corrected chi connectivity index (χ1v) is 12.9. The predicted molar refractivity (Wildman–Crippen MR) is 143 cm³/mol. The smallest absolute Gasteiger partial charge is 0.261 e. The highest BCUT2D eigenvalue weighted by molar-refractivity contribution is 5.88. The van der Waals surface area contributed by atoms with Crippen LogP contribution < -0.4 is 10.1 Å². The van der Waals surface area contributed by atoms with Crippen LogP contribution in [0.15, 0.2) is 78.9 Å². The van der Waals surface area contributed by atoms with Gasteiger partial charge < -0.3 is 15.0 Å². The molecule has 2 amide bonds. The Morgan fingerprint density at radius 1 is 0.917 bits per heavy atom. The Morgan fingerprint density at radius 2 is 1.58 bits per heavy atom. The monoisotopic (exact) mass is 484 g/mol. The molecule has 1 aliphatic carbocycles. The lowest BCUT2D eigenvalue weighted by Crippen LogP contribution is -2.53. The average Bonchev–Trinajstić information content (AvgIpc) is 3.40. The molecule has 3 aromatic rings. The van der Waals surface area contributed by atoms with Crippen molar-refractivity contribution in [3.8, 4) is 5.75 Å². The first-order valence-electron chi connectivity index (χ1n) is 12.9. The third-order valence-corrected chi connectivity index (χ3v) is 6.96.